The average molecular weight is 415 g/mol. The number of thioether (sulfide) groups is 1. The molecule has 0 saturated heterocycles. The fourth-order valence-corrected chi connectivity index (χ4v) is 3.54. The van der Waals surface area contributed by atoms with E-state index in [4.69, 9.17) is 11.6 Å². The van der Waals surface area contributed by atoms with E-state index in [1.165, 1.54) is 18.0 Å². The molecule has 144 valence electrons. The summed E-state index contributed by atoms with van der Waals surface area (Å²) in [5.74, 6) is -0.0933. The first-order chi connectivity index (χ1) is 13.4. The van der Waals surface area contributed by atoms with Crippen LogP contribution in [0.2, 0.25) is 5.15 Å². The molecule has 0 spiro atoms. The predicted molar refractivity (Wildman–Crippen MR) is 111 cm³/mol. The maximum absolute atomic E-state index is 12.0. The number of benzene rings is 1. The number of nitrogens with one attached hydrogen (secondary N) is 1. The molecule has 28 heavy (non-hydrogen) atoms. The molecule has 2 aromatic heterocycles. The Morgan fingerprint density at radius 1 is 1.21 bits per heavy atom. The number of hydrogen-bond donors (Lipinski definition) is 1. The first-order valence-electron chi connectivity index (χ1n) is 8.51. The second kappa shape index (κ2) is 8.99. The summed E-state index contributed by atoms with van der Waals surface area (Å²) >= 11 is 7.49. The zero-order valence-corrected chi connectivity index (χ0v) is 17.3. The van der Waals surface area contributed by atoms with Crippen LogP contribution < -0.4 is 5.43 Å². The Bertz CT molecular complexity index is 999. The molecule has 0 fully saturated rings. The molecule has 0 bridgehead atoms. The summed E-state index contributed by atoms with van der Waals surface area (Å²) in [5.41, 5.74) is 6.61. The van der Waals surface area contributed by atoms with Crippen LogP contribution in [0.15, 0.2) is 46.7 Å². The Balaban J connectivity index is 1.61. The number of para-hydroxylation sites is 1. The summed E-state index contributed by atoms with van der Waals surface area (Å²) < 4.78 is 1.73. The van der Waals surface area contributed by atoms with Crippen molar-refractivity contribution in [2.24, 2.45) is 5.10 Å². The van der Waals surface area contributed by atoms with Crippen LogP contribution in [-0.4, -0.2) is 37.6 Å². The Hall–Kier alpha value is -2.71. The van der Waals surface area contributed by atoms with Crippen molar-refractivity contribution in [2.45, 2.75) is 25.9 Å². The first kappa shape index (κ1) is 20.0. The van der Waals surface area contributed by atoms with E-state index in [2.05, 4.69) is 25.6 Å². The van der Waals surface area contributed by atoms with Crippen LogP contribution in [0.5, 0.6) is 0 Å². The highest BCUT2D eigenvalue weighted by atomic mass is 35.5. The van der Waals surface area contributed by atoms with Gasteiger partial charge in [0.15, 0.2) is 10.3 Å². The van der Waals surface area contributed by atoms with Crippen molar-refractivity contribution >= 4 is 35.5 Å². The number of halogens is 1. The number of carbonyl (C=O) groups excluding carboxylic acids is 1. The van der Waals surface area contributed by atoms with Gasteiger partial charge < -0.3 is 0 Å². The standard InChI is InChI=1S/C19H19ClN6OS/c1-12-9-13(2)23-19(22-12)28-11-17(27)24-21-10-16-14(3)26(25-18(16)20)15-7-5-4-6-8-15/h4-10H,11H2,1-3H3,(H,24,27)/b21-10-. The van der Waals surface area contributed by atoms with Crippen LogP contribution in [-0.2, 0) is 4.79 Å². The minimum Gasteiger partial charge on any atom is -0.272 e. The van der Waals surface area contributed by atoms with Gasteiger partial charge in [-0.1, -0.05) is 41.6 Å². The summed E-state index contributed by atoms with van der Waals surface area (Å²) in [5, 5.41) is 9.22. The van der Waals surface area contributed by atoms with E-state index in [-0.39, 0.29) is 11.7 Å². The maximum Gasteiger partial charge on any atom is 0.250 e. The van der Waals surface area contributed by atoms with Crippen molar-refractivity contribution in [2.75, 3.05) is 5.75 Å². The third kappa shape index (κ3) is 4.96. The molecule has 2 heterocycles. The summed E-state index contributed by atoms with van der Waals surface area (Å²) in [6, 6.07) is 11.5. The zero-order valence-electron chi connectivity index (χ0n) is 15.7. The molecule has 0 aliphatic rings. The molecule has 0 aliphatic carbocycles. The Labute approximate surface area is 172 Å². The topological polar surface area (TPSA) is 85.1 Å². The maximum atomic E-state index is 12.0. The summed E-state index contributed by atoms with van der Waals surface area (Å²) in [7, 11) is 0. The van der Waals surface area contributed by atoms with Gasteiger partial charge in [0.05, 0.1) is 28.9 Å². The fourth-order valence-electron chi connectivity index (χ4n) is 2.54. The Morgan fingerprint density at radius 3 is 2.57 bits per heavy atom. The third-order valence-corrected chi connectivity index (χ3v) is 4.92. The van der Waals surface area contributed by atoms with E-state index in [9.17, 15) is 4.79 Å². The van der Waals surface area contributed by atoms with Gasteiger partial charge in [-0.05, 0) is 39.0 Å². The van der Waals surface area contributed by atoms with Crippen LogP contribution in [0.1, 0.15) is 22.6 Å². The van der Waals surface area contributed by atoms with Gasteiger partial charge in [-0.2, -0.15) is 10.2 Å². The monoisotopic (exact) mass is 414 g/mol. The van der Waals surface area contributed by atoms with Crippen LogP contribution in [0.3, 0.4) is 0 Å². The lowest BCUT2D eigenvalue weighted by molar-refractivity contribution is -0.118. The lowest BCUT2D eigenvalue weighted by Gasteiger charge is -2.03. The van der Waals surface area contributed by atoms with Crippen molar-refractivity contribution in [1.29, 1.82) is 0 Å². The molecule has 0 saturated carbocycles. The SMILES string of the molecule is Cc1cc(C)nc(SCC(=O)N/N=C\c2c(Cl)nn(-c3ccccc3)c2C)n1. The van der Waals surface area contributed by atoms with Crippen molar-refractivity contribution in [3.8, 4) is 5.69 Å². The second-order valence-electron chi connectivity index (χ2n) is 6.05. The lowest BCUT2D eigenvalue weighted by Crippen LogP contribution is -2.20. The molecular formula is C19H19ClN6OS. The Kier molecular flexibility index (Phi) is 6.43. The van der Waals surface area contributed by atoms with Crippen molar-refractivity contribution < 1.29 is 4.79 Å². The van der Waals surface area contributed by atoms with E-state index in [0.29, 0.717) is 15.9 Å². The molecule has 0 aliphatic heterocycles. The van der Waals surface area contributed by atoms with Crippen LogP contribution >= 0.6 is 23.4 Å². The summed E-state index contributed by atoms with van der Waals surface area (Å²) in [4.78, 5) is 20.6. The van der Waals surface area contributed by atoms with Gasteiger partial charge in [-0.3, -0.25) is 4.79 Å². The molecular weight excluding hydrogens is 396 g/mol. The minimum atomic E-state index is -0.256. The predicted octanol–water partition coefficient (Wildman–Crippen LogP) is 3.48. The number of hydrogen-bond acceptors (Lipinski definition) is 6. The number of rotatable bonds is 6. The molecule has 1 amide bonds. The van der Waals surface area contributed by atoms with Crippen LogP contribution in [0.25, 0.3) is 5.69 Å². The molecule has 1 aromatic carbocycles. The van der Waals surface area contributed by atoms with E-state index < -0.39 is 0 Å². The normalized spacial score (nSPS) is 11.1. The number of carbonyl (C=O) groups is 1. The first-order valence-corrected chi connectivity index (χ1v) is 9.88. The third-order valence-electron chi connectivity index (χ3n) is 3.80. The van der Waals surface area contributed by atoms with Crippen LogP contribution in [0, 0.1) is 20.8 Å². The zero-order chi connectivity index (χ0) is 20.1. The molecule has 3 aromatic rings. The van der Waals surface area contributed by atoms with E-state index in [1.54, 1.807) is 4.68 Å². The largest absolute Gasteiger partial charge is 0.272 e. The summed E-state index contributed by atoms with van der Waals surface area (Å²) in [6.45, 7) is 5.68. The molecule has 0 unspecified atom stereocenters. The van der Waals surface area contributed by atoms with Gasteiger partial charge in [0.1, 0.15) is 0 Å². The molecule has 3 rings (SSSR count). The number of aryl methyl sites for hydroxylation is 2. The lowest BCUT2D eigenvalue weighted by atomic mass is 10.2. The van der Waals surface area contributed by atoms with Gasteiger partial charge in [0, 0.05) is 11.4 Å². The second-order valence-corrected chi connectivity index (χ2v) is 7.35. The quantitative estimate of drug-likeness (QED) is 0.289. The molecule has 9 heteroatoms. The minimum absolute atomic E-state index is 0.163. The van der Waals surface area contributed by atoms with Gasteiger partial charge in [-0.15, -0.1) is 0 Å². The number of aromatic nitrogens is 4. The van der Waals surface area contributed by atoms with E-state index >= 15 is 0 Å². The summed E-state index contributed by atoms with van der Waals surface area (Å²) in [6.07, 6.45) is 1.50. The molecule has 1 N–H and O–H groups in total. The van der Waals surface area contributed by atoms with E-state index in [0.717, 1.165) is 22.8 Å². The van der Waals surface area contributed by atoms with Crippen molar-refractivity contribution in [3.05, 3.63) is 64.2 Å². The highest BCUT2D eigenvalue weighted by molar-refractivity contribution is 7.99. The van der Waals surface area contributed by atoms with Crippen molar-refractivity contribution in [3.63, 3.8) is 0 Å². The Morgan fingerprint density at radius 2 is 1.89 bits per heavy atom. The van der Waals surface area contributed by atoms with Crippen molar-refractivity contribution in [1.82, 2.24) is 25.2 Å². The molecule has 0 radical (unpaired) electrons. The number of amides is 1. The fraction of sp³-hybridized carbons (Fsp3) is 0.211. The van der Waals surface area contributed by atoms with Gasteiger partial charge in [0.25, 0.3) is 5.91 Å². The number of hydrazone groups is 1. The van der Waals surface area contributed by atoms with Gasteiger partial charge >= 0.3 is 0 Å². The number of nitrogens with zero attached hydrogens (tertiary/aromatic N) is 5. The van der Waals surface area contributed by atoms with Gasteiger partial charge in [-0.25, -0.2) is 20.1 Å². The highest BCUT2D eigenvalue weighted by Crippen LogP contribution is 2.20. The molecule has 0 atom stereocenters. The van der Waals surface area contributed by atoms with Crippen LogP contribution in [0.4, 0.5) is 0 Å². The average Bonchev–Trinajstić information content (AvgIpc) is 2.94. The smallest absolute Gasteiger partial charge is 0.250 e. The molecule has 7 nitrogen and oxygen atoms in total. The highest BCUT2D eigenvalue weighted by Gasteiger charge is 2.13. The van der Waals surface area contributed by atoms with E-state index in [1.807, 2.05) is 57.2 Å². The van der Waals surface area contributed by atoms with Gasteiger partial charge in [0.2, 0.25) is 0 Å².